The van der Waals surface area contributed by atoms with E-state index in [1.165, 1.54) is 25.7 Å². The van der Waals surface area contributed by atoms with Crippen molar-refractivity contribution in [2.24, 2.45) is 11.8 Å². The van der Waals surface area contributed by atoms with Crippen LogP contribution in [-0.2, 0) is 11.3 Å². The molecule has 1 aliphatic carbocycles. The predicted octanol–water partition coefficient (Wildman–Crippen LogP) is 4.43. The van der Waals surface area contributed by atoms with Gasteiger partial charge in [0.25, 0.3) is 0 Å². The highest BCUT2D eigenvalue weighted by atomic mass is 16.1. The molecule has 2 aromatic heterocycles. The van der Waals surface area contributed by atoms with E-state index in [1.807, 2.05) is 31.3 Å². The fourth-order valence-electron chi connectivity index (χ4n) is 5.06. The van der Waals surface area contributed by atoms with E-state index in [0.717, 1.165) is 49.6 Å². The molecule has 0 unspecified atom stereocenters. The number of aromatic nitrogens is 2. The van der Waals surface area contributed by atoms with Crippen molar-refractivity contribution in [3.05, 3.63) is 59.7 Å². The summed E-state index contributed by atoms with van der Waals surface area (Å²) in [5.41, 5.74) is 3.21. The number of aryl methyl sites for hydroxylation is 1. The van der Waals surface area contributed by atoms with Crippen LogP contribution >= 0.6 is 0 Å². The zero-order chi connectivity index (χ0) is 20.8. The van der Waals surface area contributed by atoms with Gasteiger partial charge in [-0.3, -0.25) is 19.7 Å². The van der Waals surface area contributed by atoms with Gasteiger partial charge in [0, 0.05) is 24.9 Å². The van der Waals surface area contributed by atoms with Gasteiger partial charge in [0.05, 0.1) is 17.4 Å². The van der Waals surface area contributed by atoms with Crippen molar-refractivity contribution >= 4 is 5.91 Å². The van der Waals surface area contributed by atoms with E-state index in [2.05, 4.69) is 38.4 Å². The predicted molar refractivity (Wildman–Crippen MR) is 119 cm³/mol. The van der Waals surface area contributed by atoms with Gasteiger partial charge in [0.1, 0.15) is 0 Å². The Morgan fingerprint density at radius 3 is 2.60 bits per heavy atom. The van der Waals surface area contributed by atoms with E-state index in [1.54, 1.807) is 0 Å². The summed E-state index contributed by atoms with van der Waals surface area (Å²) in [5.74, 6) is 1.19. The highest BCUT2D eigenvalue weighted by Crippen LogP contribution is 2.32. The minimum atomic E-state index is 0.0133. The molecule has 1 saturated heterocycles. The number of hydrogen-bond donors (Lipinski definition) is 1. The van der Waals surface area contributed by atoms with E-state index < -0.39 is 0 Å². The van der Waals surface area contributed by atoms with Gasteiger partial charge in [0.15, 0.2) is 0 Å². The maximum absolute atomic E-state index is 12.8. The van der Waals surface area contributed by atoms with Crippen LogP contribution in [0.1, 0.15) is 68.1 Å². The van der Waals surface area contributed by atoms with Crippen LogP contribution in [0.2, 0.25) is 0 Å². The Labute approximate surface area is 180 Å². The first kappa shape index (κ1) is 21.0. The Morgan fingerprint density at radius 2 is 1.90 bits per heavy atom. The van der Waals surface area contributed by atoms with Crippen LogP contribution in [0.4, 0.5) is 0 Å². The number of likely N-dealkylation sites (tertiary alicyclic amines) is 1. The second-order valence-electron chi connectivity index (χ2n) is 9.04. The van der Waals surface area contributed by atoms with Gasteiger partial charge in [0.2, 0.25) is 5.91 Å². The number of carbonyl (C=O) groups excluding carboxylic acids is 1. The number of amides is 1. The highest BCUT2D eigenvalue weighted by molar-refractivity contribution is 5.76. The zero-order valence-corrected chi connectivity index (χ0v) is 18.1. The largest absolute Gasteiger partial charge is 0.347 e. The lowest BCUT2D eigenvalue weighted by Crippen LogP contribution is -2.41. The number of carbonyl (C=O) groups is 1. The third-order valence-electron chi connectivity index (χ3n) is 6.71. The molecular weight excluding hydrogens is 372 g/mol. The standard InChI is InChI=1S/C25H34N4O/c1-19-7-6-10-22(27-19)18-29-15-12-21(13-16-29)25(23-11-4-5-14-26-23)28-24(30)17-20-8-2-3-9-20/h4-7,10-11,14,20-21,25H,2-3,8-9,12-13,15-18H2,1H3,(H,28,30)/t25-/m1/s1. The molecule has 1 N–H and O–H groups in total. The summed E-state index contributed by atoms with van der Waals surface area (Å²) >= 11 is 0. The summed E-state index contributed by atoms with van der Waals surface area (Å²) in [6.07, 6.45) is 9.59. The number of pyridine rings is 2. The van der Waals surface area contributed by atoms with Gasteiger partial charge >= 0.3 is 0 Å². The van der Waals surface area contributed by atoms with Crippen LogP contribution in [0, 0.1) is 18.8 Å². The fourth-order valence-corrected chi connectivity index (χ4v) is 5.06. The second-order valence-corrected chi connectivity index (χ2v) is 9.04. The van der Waals surface area contributed by atoms with Gasteiger partial charge in [-0.2, -0.15) is 0 Å². The maximum Gasteiger partial charge on any atom is 0.220 e. The SMILES string of the molecule is Cc1cccc(CN2CCC([C@@H](NC(=O)CC3CCCC3)c3ccccn3)CC2)n1. The van der Waals surface area contributed by atoms with Crippen molar-refractivity contribution in [2.75, 3.05) is 13.1 Å². The number of hydrogen-bond acceptors (Lipinski definition) is 4. The molecule has 1 atom stereocenters. The third kappa shape index (κ3) is 5.66. The monoisotopic (exact) mass is 406 g/mol. The second kappa shape index (κ2) is 10.2. The molecule has 0 aromatic carbocycles. The van der Waals surface area contributed by atoms with E-state index in [4.69, 9.17) is 0 Å². The van der Waals surface area contributed by atoms with Crippen molar-refractivity contribution in [3.63, 3.8) is 0 Å². The van der Waals surface area contributed by atoms with E-state index in [9.17, 15) is 4.79 Å². The number of rotatable bonds is 7. The molecule has 0 bridgehead atoms. The van der Waals surface area contributed by atoms with Crippen LogP contribution in [-0.4, -0.2) is 33.9 Å². The lowest BCUT2D eigenvalue weighted by Gasteiger charge is -2.36. The first-order valence-corrected chi connectivity index (χ1v) is 11.5. The molecule has 1 amide bonds. The van der Waals surface area contributed by atoms with Gasteiger partial charge in [-0.1, -0.05) is 25.0 Å². The van der Waals surface area contributed by atoms with Crippen LogP contribution in [0.5, 0.6) is 0 Å². The minimum absolute atomic E-state index is 0.0133. The normalized spacial score (nSPS) is 19.6. The van der Waals surface area contributed by atoms with Crippen molar-refractivity contribution in [3.8, 4) is 0 Å². The number of nitrogens with one attached hydrogen (secondary N) is 1. The highest BCUT2D eigenvalue weighted by Gasteiger charge is 2.30. The molecule has 30 heavy (non-hydrogen) atoms. The number of nitrogens with zero attached hydrogens (tertiary/aromatic N) is 3. The third-order valence-corrected chi connectivity index (χ3v) is 6.71. The molecule has 4 rings (SSSR count). The lowest BCUT2D eigenvalue weighted by molar-refractivity contribution is -0.123. The molecule has 0 spiro atoms. The smallest absolute Gasteiger partial charge is 0.220 e. The molecule has 1 saturated carbocycles. The molecule has 2 aromatic rings. The molecule has 2 fully saturated rings. The average molecular weight is 407 g/mol. The van der Waals surface area contributed by atoms with Crippen LogP contribution in [0.25, 0.3) is 0 Å². The molecule has 1 aliphatic heterocycles. The van der Waals surface area contributed by atoms with Crippen molar-refractivity contribution in [1.29, 1.82) is 0 Å². The summed E-state index contributed by atoms with van der Waals surface area (Å²) < 4.78 is 0. The van der Waals surface area contributed by atoms with Crippen molar-refractivity contribution < 1.29 is 4.79 Å². The summed E-state index contributed by atoms with van der Waals surface area (Å²) in [4.78, 5) is 24.5. The summed E-state index contributed by atoms with van der Waals surface area (Å²) in [5, 5.41) is 3.37. The quantitative estimate of drug-likeness (QED) is 0.739. The van der Waals surface area contributed by atoms with Crippen molar-refractivity contribution in [2.45, 2.75) is 64.5 Å². The van der Waals surface area contributed by atoms with Gasteiger partial charge < -0.3 is 5.32 Å². The Bertz CT molecular complexity index is 811. The van der Waals surface area contributed by atoms with E-state index >= 15 is 0 Å². The summed E-state index contributed by atoms with van der Waals surface area (Å²) in [6, 6.07) is 12.3. The Balaban J connectivity index is 1.37. The molecule has 3 heterocycles. The van der Waals surface area contributed by atoms with E-state index in [-0.39, 0.29) is 11.9 Å². The topological polar surface area (TPSA) is 58.1 Å². The van der Waals surface area contributed by atoms with E-state index in [0.29, 0.717) is 18.3 Å². The van der Waals surface area contributed by atoms with Crippen LogP contribution < -0.4 is 5.32 Å². The zero-order valence-electron chi connectivity index (χ0n) is 18.1. The first-order valence-electron chi connectivity index (χ1n) is 11.5. The Kier molecular flexibility index (Phi) is 7.11. The maximum atomic E-state index is 12.8. The first-order chi connectivity index (χ1) is 14.7. The molecule has 0 radical (unpaired) electrons. The minimum Gasteiger partial charge on any atom is -0.347 e. The molecular formula is C25H34N4O. The molecule has 5 heteroatoms. The van der Waals surface area contributed by atoms with Gasteiger partial charge in [-0.15, -0.1) is 0 Å². The summed E-state index contributed by atoms with van der Waals surface area (Å²) in [7, 11) is 0. The van der Waals surface area contributed by atoms with Gasteiger partial charge in [-0.25, -0.2) is 0 Å². The summed E-state index contributed by atoms with van der Waals surface area (Å²) in [6.45, 7) is 5.00. The van der Waals surface area contributed by atoms with Crippen molar-refractivity contribution in [1.82, 2.24) is 20.2 Å². The van der Waals surface area contributed by atoms with Crippen LogP contribution in [0.3, 0.4) is 0 Å². The molecule has 160 valence electrons. The molecule has 2 aliphatic rings. The molecule has 5 nitrogen and oxygen atoms in total. The Morgan fingerprint density at radius 1 is 1.10 bits per heavy atom. The number of piperidine rings is 1. The fraction of sp³-hybridized carbons (Fsp3) is 0.560. The Hall–Kier alpha value is -2.27. The lowest BCUT2D eigenvalue weighted by atomic mass is 9.87. The average Bonchev–Trinajstić information content (AvgIpc) is 3.26. The van der Waals surface area contributed by atoms with Crippen LogP contribution in [0.15, 0.2) is 42.6 Å². The van der Waals surface area contributed by atoms with Gasteiger partial charge in [-0.05, 0) is 81.8 Å².